The first-order valence-corrected chi connectivity index (χ1v) is 17.2. The van der Waals surface area contributed by atoms with Crippen molar-refractivity contribution in [3.63, 3.8) is 0 Å². The zero-order chi connectivity index (χ0) is 32.0. The Balaban J connectivity index is 0.976. The fraction of sp³-hybridized carbons (Fsp3) is 0.486. The van der Waals surface area contributed by atoms with E-state index in [1.165, 1.54) is 34.3 Å². The van der Waals surface area contributed by atoms with E-state index in [0.717, 1.165) is 56.9 Å². The summed E-state index contributed by atoms with van der Waals surface area (Å²) in [6.45, 7) is 5.79. The third-order valence-electron chi connectivity index (χ3n) is 10.4. The number of piperazine rings is 1. The number of aryl methyl sites for hydroxylation is 1. The molecule has 1 saturated carbocycles. The van der Waals surface area contributed by atoms with Gasteiger partial charge in [0.1, 0.15) is 4.47 Å². The molecule has 2 aromatic carbocycles. The van der Waals surface area contributed by atoms with Crippen LogP contribution in [0.1, 0.15) is 60.6 Å². The van der Waals surface area contributed by atoms with E-state index in [-0.39, 0.29) is 34.9 Å². The van der Waals surface area contributed by atoms with Gasteiger partial charge in [0.15, 0.2) is 0 Å². The van der Waals surface area contributed by atoms with Gasteiger partial charge >= 0.3 is 0 Å². The molecule has 0 radical (unpaired) electrons. The van der Waals surface area contributed by atoms with Crippen LogP contribution >= 0.6 is 15.9 Å². The maximum Gasteiger partial charge on any atom is 0.282 e. The molecule has 3 aromatic rings. The predicted molar refractivity (Wildman–Crippen MR) is 182 cm³/mol. The molecule has 1 aliphatic carbocycles. The Kier molecular flexibility index (Phi) is 8.50. The van der Waals surface area contributed by atoms with E-state index in [1.807, 2.05) is 12.1 Å². The fourth-order valence-corrected chi connectivity index (χ4v) is 8.13. The number of likely N-dealkylation sites (N-methyl/N-ethyl adjacent to an activating group) is 1. The summed E-state index contributed by atoms with van der Waals surface area (Å²) in [5.74, 6) is -0.211. The second-order valence-corrected chi connectivity index (χ2v) is 14.5. The van der Waals surface area contributed by atoms with Crippen molar-refractivity contribution in [2.75, 3.05) is 50.0 Å². The minimum atomic E-state index is -0.258. The number of benzene rings is 2. The van der Waals surface area contributed by atoms with Crippen LogP contribution in [0.15, 0.2) is 64.0 Å². The normalized spacial score (nSPS) is 25.0. The molecule has 7 rings (SSSR count). The predicted octanol–water partition coefficient (Wildman–Crippen LogP) is 3.82. The third-order valence-corrected chi connectivity index (χ3v) is 11.2. The van der Waals surface area contributed by atoms with Crippen molar-refractivity contribution < 1.29 is 9.59 Å². The van der Waals surface area contributed by atoms with Gasteiger partial charge in [-0.1, -0.05) is 36.4 Å². The van der Waals surface area contributed by atoms with Gasteiger partial charge in [-0.15, -0.1) is 0 Å². The van der Waals surface area contributed by atoms with E-state index in [1.54, 1.807) is 13.2 Å². The molecule has 2 amide bonds. The van der Waals surface area contributed by atoms with Gasteiger partial charge in [0.05, 0.1) is 17.8 Å². The summed E-state index contributed by atoms with van der Waals surface area (Å²) >= 11 is 3.45. The largest absolute Gasteiger partial charge is 0.379 e. The second-order valence-electron chi connectivity index (χ2n) is 13.7. The lowest BCUT2D eigenvalue weighted by atomic mass is 9.87. The molecule has 3 atom stereocenters. The van der Waals surface area contributed by atoms with Gasteiger partial charge in [-0.3, -0.25) is 24.6 Å². The monoisotopic (exact) mass is 687 g/mol. The van der Waals surface area contributed by atoms with Crippen LogP contribution in [0.5, 0.6) is 0 Å². The molecule has 1 spiro atoms. The van der Waals surface area contributed by atoms with Crippen molar-refractivity contribution in [2.45, 2.75) is 62.1 Å². The number of amides is 2. The van der Waals surface area contributed by atoms with Crippen LogP contribution in [0.2, 0.25) is 0 Å². The molecule has 1 unspecified atom stereocenters. The molecule has 4 heterocycles. The highest BCUT2D eigenvalue weighted by atomic mass is 79.9. The number of nitrogens with zero attached hydrogens (tertiary/aromatic N) is 5. The molecule has 4 fully saturated rings. The molecule has 11 heteroatoms. The molecular weight excluding hydrogens is 646 g/mol. The lowest BCUT2D eigenvalue weighted by Gasteiger charge is -2.43. The van der Waals surface area contributed by atoms with Gasteiger partial charge < -0.3 is 15.1 Å². The molecule has 242 valence electrons. The van der Waals surface area contributed by atoms with E-state index in [2.05, 4.69) is 89.8 Å². The average Bonchev–Trinajstić information content (AvgIpc) is 3.82. The highest BCUT2D eigenvalue weighted by Gasteiger charge is 2.51. The Hall–Kier alpha value is -3.54. The van der Waals surface area contributed by atoms with Crippen LogP contribution in [0.25, 0.3) is 0 Å². The van der Waals surface area contributed by atoms with Gasteiger partial charge in [-0.25, -0.2) is 4.68 Å². The van der Waals surface area contributed by atoms with Gasteiger partial charge in [0.2, 0.25) is 11.8 Å². The SMILES string of the molecule is CN1C[C@@H](Nc2cnn(C)c(=O)c2Br)C[C@@H](c2ccc(CN3CCN(c4cccc(C5CCC(=O)NC5=O)c4)CC34CC4)cc2)C1. The number of anilines is 2. The number of hydrogen-bond donors (Lipinski definition) is 2. The Morgan fingerprint density at radius 2 is 1.83 bits per heavy atom. The van der Waals surface area contributed by atoms with Crippen LogP contribution in [0.4, 0.5) is 11.4 Å². The van der Waals surface area contributed by atoms with Crippen molar-refractivity contribution in [1.82, 2.24) is 24.9 Å². The van der Waals surface area contributed by atoms with Crippen LogP contribution in [0.3, 0.4) is 0 Å². The number of aromatic nitrogens is 2. The minimum absolute atomic E-state index is 0.144. The van der Waals surface area contributed by atoms with Crippen LogP contribution in [-0.4, -0.2) is 82.7 Å². The van der Waals surface area contributed by atoms with Crippen molar-refractivity contribution >= 4 is 39.1 Å². The highest BCUT2D eigenvalue weighted by molar-refractivity contribution is 9.10. The van der Waals surface area contributed by atoms with Gasteiger partial charge in [0, 0.05) is 70.0 Å². The Labute approximate surface area is 278 Å². The van der Waals surface area contributed by atoms with Gasteiger partial charge in [-0.05, 0) is 83.4 Å². The standard InChI is InChI=1S/C35H42BrN7O3/c1-40-20-26(16-27(21-40)38-30-18-37-41(2)34(46)32(30)36)24-8-6-23(7-9-24)19-43-15-14-42(22-35(43)12-13-35)28-5-3-4-25(17-28)29-10-11-31(44)39-33(29)45/h3-9,17-18,26-27,29,38H,10-16,19-22H2,1-2H3,(H,39,44,45)/t26-,27+,29?/m1/s1. The number of hydrogen-bond acceptors (Lipinski definition) is 8. The maximum absolute atomic E-state index is 12.5. The number of carbonyl (C=O) groups excluding carboxylic acids is 2. The Bertz CT molecular complexity index is 1690. The first-order valence-electron chi connectivity index (χ1n) is 16.4. The third kappa shape index (κ3) is 6.37. The number of nitrogens with one attached hydrogen (secondary N) is 2. The van der Waals surface area contributed by atoms with E-state index in [9.17, 15) is 14.4 Å². The number of piperidine rings is 2. The average molecular weight is 689 g/mol. The molecule has 4 aliphatic rings. The molecule has 3 aliphatic heterocycles. The fourth-order valence-electron chi connectivity index (χ4n) is 7.66. The number of rotatable bonds is 7. The lowest BCUT2D eigenvalue weighted by molar-refractivity contribution is -0.134. The Morgan fingerprint density at radius 3 is 2.59 bits per heavy atom. The smallest absolute Gasteiger partial charge is 0.282 e. The molecular formula is C35H42BrN7O3. The number of halogens is 1. The summed E-state index contributed by atoms with van der Waals surface area (Å²) in [5, 5.41) is 10.3. The number of likely N-dealkylation sites (tertiary alicyclic amines) is 1. The van der Waals surface area contributed by atoms with E-state index in [4.69, 9.17) is 0 Å². The van der Waals surface area contributed by atoms with Crippen molar-refractivity contribution in [2.24, 2.45) is 7.05 Å². The molecule has 0 bridgehead atoms. The molecule has 10 nitrogen and oxygen atoms in total. The first kappa shape index (κ1) is 31.1. The number of carbonyl (C=O) groups is 2. The quantitative estimate of drug-likeness (QED) is 0.362. The van der Waals surface area contributed by atoms with E-state index >= 15 is 0 Å². The van der Waals surface area contributed by atoms with Crippen LogP contribution in [-0.2, 0) is 23.2 Å². The van der Waals surface area contributed by atoms with E-state index < -0.39 is 0 Å². The highest BCUT2D eigenvalue weighted by Crippen LogP contribution is 2.46. The van der Waals surface area contributed by atoms with Crippen molar-refractivity contribution in [1.29, 1.82) is 0 Å². The van der Waals surface area contributed by atoms with Crippen molar-refractivity contribution in [3.05, 3.63) is 86.2 Å². The van der Waals surface area contributed by atoms with Gasteiger partial charge in [-0.2, -0.15) is 5.10 Å². The molecule has 1 aromatic heterocycles. The first-order chi connectivity index (χ1) is 22.2. The van der Waals surface area contributed by atoms with Gasteiger partial charge in [0.25, 0.3) is 5.56 Å². The van der Waals surface area contributed by atoms with E-state index in [0.29, 0.717) is 23.2 Å². The van der Waals surface area contributed by atoms with Crippen molar-refractivity contribution in [3.8, 4) is 0 Å². The van der Waals surface area contributed by atoms with Crippen LogP contribution in [0, 0.1) is 0 Å². The number of imide groups is 1. The lowest BCUT2D eigenvalue weighted by Crippen LogP contribution is -2.54. The zero-order valence-electron chi connectivity index (χ0n) is 26.5. The molecule has 3 saturated heterocycles. The zero-order valence-corrected chi connectivity index (χ0v) is 28.1. The summed E-state index contributed by atoms with van der Waals surface area (Å²) in [5.41, 5.74) is 5.66. The summed E-state index contributed by atoms with van der Waals surface area (Å²) < 4.78 is 1.86. The van der Waals surface area contributed by atoms with Crippen LogP contribution < -0.4 is 21.1 Å². The summed E-state index contributed by atoms with van der Waals surface area (Å²) in [7, 11) is 3.81. The molecule has 46 heavy (non-hydrogen) atoms. The second kappa shape index (κ2) is 12.6. The minimum Gasteiger partial charge on any atom is -0.379 e. The summed E-state index contributed by atoms with van der Waals surface area (Å²) in [4.78, 5) is 44.0. The topological polar surface area (TPSA) is 103 Å². The maximum atomic E-state index is 12.5. The Morgan fingerprint density at radius 1 is 1.02 bits per heavy atom. The molecule has 2 N–H and O–H groups in total. The summed E-state index contributed by atoms with van der Waals surface area (Å²) in [6, 6.07) is 17.8. The summed E-state index contributed by atoms with van der Waals surface area (Å²) in [6.07, 6.45) is 6.08.